The molecule has 0 aliphatic rings. The second kappa shape index (κ2) is 11.4. The van der Waals surface area contributed by atoms with Crippen LogP contribution in [0, 0.1) is 11.3 Å². The van der Waals surface area contributed by atoms with Crippen LogP contribution >= 0.6 is 0 Å². The van der Waals surface area contributed by atoms with Gasteiger partial charge in [0.2, 0.25) is 5.91 Å². The highest BCUT2D eigenvalue weighted by atomic mass is 16.5. The molecule has 98 valence electrons. The number of nitrogens with one attached hydrogen (secondary N) is 2. The maximum Gasteiger partial charge on any atom is 0.233 e. The summed E-state index contributed by atoms with van der Waals surface area (Å²) < 4.78 is 5.40. The van der Waals surface area contributed by atoms with E-state index >= 15 is 0 Å². The number of nitriles is 1. The van der Waals surface area contributed by atoms with E-state index in [4.69, 9.17) is 10.00 Å². The number of carbonyl (C=O) groups is 1. The molecule has 0 fully saturated rings. The van der Waals surface area contributed by atoms with Crippen molar-refractivity contribution in [3.8, 4) is 6.07 Å². The van der Waals surface area contributed by atoms with Crippen molar-refractivity contribution in [3.63, 3.8) is 0 Å². The SMILES string of the molecule is CC(C)OCCCCNCC(=O)NCCC#N. The van der Waals surface area contributed by atoms with Gasteiger partial charge >= 0.3 is 0 Å². The molecule has 2 N–H and O–H groups in total. The van der Waals surface area contributed by atoms with Gasteiger partial charge in [0, 0.05) is 13.2 Å². The maximum atomic E-state index is 11.2. The van der Waals surface area contributed by atoms with Gasteiger partial charge in [0.25, 0.3) is 0 Å². The number of rotatable bonds is 10. The Morgan fingerprint density at radius 3 is 2.76 bits per heavy atom. The molecule has 0 saturated heterocycles. The predicted molar refractivity (Wildman–Crippen MR) is 66.4 cm³/mol. The predicted octanol–water partition coefficient (Wildman–Crippen LogP) is 0.811. The van der Waals surface area contributed by atoms with Crippen LogP contribution in [0.5, 0.6) is 0 Å². The molecule has 0 aromatic rings. The summed E-state index contributed by atoms with van der Waals surface area (Å²) in [5.74, 6) is -0.0568. The fraction of sp³-hybridized carbons (Fsp3) is 0.833. The van der Waals surface area contributed by atoms with Crippen molar-refractivity contribution in [2.75, 3.05) is 26.2 Å². The van der Waals surface area contributed by atoms with Crippen LogP contribution in [-0.4, -0.2) is 38.3 Å². The van der Waals surface area contributed by atoms with Gasteiger partial charge in [-0.25, -0.2) is 0 Å². The Labute approximate surface area is 104 Å². The Bertz CT molecular complexity index is 236. The van der Waals surface area contributed by atoms with Crippen molar-refractivity contribution in [2.24, 2.45) is 0 Å². The molecule has 0 aliphatic heterocycles. The third kappa shape index (κ3) is 12.8. The van der Waals surface area contributed by atoms with E-state index in [1.807, 2.05) is 19.9 Å². The molecule has 5 nitrogen and oxygen atoms in total. The minimum Gasteiger partial charge on any atom is -0.379 e. The van der Waals surface area contributed by atoms with Gasteiger partial charge in [-0.05, 0) is 33.2 Å². The number of unbranched alkanes of at least 4 members (excludes halogenated alkanes) is 1. The van der Waals surface area contributed by atoms with E-state index in [1.54, 1.807) is 0 Å². The van der Waals surface area contributed by atoms with Gasteiger partial charge in [-0.1, -0.05) is 0 Å². The van der Waals surface area contributed by atoms with Gasteiger partial charge in [0.1, 0.15) is 0 Å². The summed E-state index contributed by atoms with van der Waals surface area (Å²) in [5.41, 5.74) is 0. The molecule has 0 atom stereocenters. The Morgan fingerprint density at radius 1 is 1.35 bits per heavy atom. The molecule has 1 amide bonds. The fourth-order valence-corrected chi connectivity index (χ4v) is 1.19. The zero-order valence-corrected chi connectivity index (χ0v) is 10.8. The van der Waals surface area contributed by atoms with Crippen molar-refractivity contribution in [3.05, 3.63) is 0 Å². The molecular weight excluding hydrogens is 218 g/mol. The summed E-state index contributed by atoms with van der Waals surface area (Å²) in [6, 6.07) is 1.97. The van der Waals surface area contributed by atoms with E-state index in [0.29, 0.717) is 19.5 Å². The van der Waals surface area contributed by atoms with Crippen molar-refractivity contribution in [1.29, 1.82) is 5.26 Å². The molecule has 0 aliphatic carbocycles. The molecular formula is C12H23N3O2. The monoisotopic (exact) mass is 241 g/mol. The first-order valence-corrected chi connectivity index (χ1v) is 6.12. The lowest BCUT2D eigenvalue weighted by molar-refractivity contribution is -0.120. The summed E-state index contributed by atoms with van der Waals surface area (Å²) in [5, 5.41) is 14.0. The van der Waals surface area contributed by atoms with Gasteiger partial charge in [0.05, 0.1) is 25.1 Å². The van der Waals surface area contributed by atoms with E-state index in [-0.39, 0.29) is 12.0 Å². The van der Waals surface area contributed by atoms with Crippen LogP contribution in [0.25, 0.3) is 0 Å². The molecule has 0 rings (SSSR count). The Balaban J connectivity index is 3.17. The Kier molecular flexibility index (Phi) is 10.6. The standard InChI is InChI=1S/C12H23N3O2/c1-11(2)17-9-4-3-7-14-10-12(16)15-8-5-6-13/h11,14H,3-5,7-10H2,1-2H3,(H,15,16). The smallest absolute Gasteiger partial charge is 0.233 e. The van der Waals surface area contributed by atoms with E-state index in [9.17, 15) is 4.79 Å². The van der Waals surface area contributed by atoms with Crippen LogP contribution in [0.1, 0.15) is 33.1 Å². The zero-order valence-electron chi connectivity index (χ0n) is 10.8. The number of amides is 1. The highest BCUT2D eigenvalue weighted by molar-refractivity contribution is 5.77. The molecule has 0 heterocycles. The van der Waals surface area contributed by atoms with E-state index in [1.165, 1.54) is 0 Å². The first kappa shape index (κ1) is 15.9. The number of carbonyl (C=O) groups excluding carboxylic acids is 1. The molecule has 0 saturated carbocycles. The van der Waals surface area contributed by atoms with Gasteiger partial charge in [0.15, 0.2) is 0 Å². The number of nitrogens with zero attached hydrogens (tertiary/aromatic N) is 1. The molecule has 0 radical (unpaired) electrons. The molecule has 17 heavy (non-hydrogen) atoms. The lowest BCUT2D eigenvalue weighted by Gasteiger charge is -2.07. The minimum absolute atomic E-state index is 0.0568. The quantitative estimate of drug-likeness (QED) is 0.555. The highest BCUT2D eigenvalue weighted by Crippen LogP contribution is 1.93. The molecule has 0 bridgehead atoms. The number of hydrogen-bond donors (Lipinski definition) is 2. The molecule has 0 aromatic heterocycles. The third-order valence-electron chi connectivity index (χ3n) is 2.04. The van der Waals surface area contributed by atoms with Gasteiger partial charge in [-0.2, -0.15) is 5.26 Å². The van der Waals surface area contributed by atoms with Crippen LogP contribution in [0.15, 0.2) is 0 Å². The van der Waals surface area contributed by atoms with E-state index in [2.05, 4.69) is 10.6 Å². The second-order valence-corrected chi connectivity index (χ2v) is 4.06. The lowest BCUT2D eigenvalue weighted by Crippen LogP contribution is -2.34. The van der Waals surface area contributed by atoms with E-state index < -0.39 is 0 Å². The zero-order chi connectivity index (χ0) is 12.9. The minimum atomic E-state index is -0.0568. The summed E-state index contributed by atoms with van der Waals surface area (Å²) in [6.45, 7) is 6.37. The normalized spacial score (nSPS) is 10.2. The summed E-state index contributed by atoms with van der Waals surface area (Å²) in [6.07, 6.45) is 2.64. The molecule has 0 spiro atoms. The Morgan fingerprint density at radius 2 is 2.12 bits per heavy atom. The first-order valence-electron chi connectivity index (χ1n) is 6.12. The first-order chi connectivity index (χ1) is 8.16. The van der Waals surface area contributed by atoms with Gasteiger partial charge in [-0.3, -0.25) is 4.79 Å². The number of hydrogen-bond acceptors (Lipinski definition) is 4. The maximum absolute atomic E-state index is 11.2. The van der Waals surface area contributed by atoms with Crippen LogP contribution < -0.4 is 10.6 Å². The lowest BCUT2D eigenvalue weighted by atomic mass is 10.3. The summed E-state index contributed by atoms with van der Waals surface area (Å²) in [4.78, 5) is 11.2. The van der Waals surface area contributed by atoms with Crippen LogP contribution in [0.2, 0.25) is 0 Å². The van der Waals surface area contributed by atoms with E-state index in [0.717, 1.165) is 26.0 Å². The largest absolute Gasteiger partial charge is 0.379 e. The van der Waals surface area contributed by atoms with Crippen LogP contribution in [0.4, 0.5) is 0 Å². The van der Waals surface area contributed by atoms with Crippen molar-refractivity contribution < 1.29 is 9.53 Å². The van der Waals surface area contributed by atoms with Crippen LogP contribution in [-0.2, 0) is 9.53 Å². The molecule has 0 unspecified atom stereocenters. The average molecular weight is 241 g/mol. The van der Waals surface area contributed by atoms with Gasteiger partial charge in [-0.15, -0.1) is 0 Å². The Hall–Kier alpha value is -1.12. The molecule has 0 aromatic carbocycles. The summed E-state index contributed by atoms with van der Waals surface area (Å²) >= 11 is 0. The third-order valence-corrected chi connectivity index (χ3v) is 2.04. The van der Waals surface area contributed by atoms with Crippen LogP contribution in [0.3, 0.4) is 0 Å². The van der Waals surface area contributed by atoms with Crippen molar-refractivity contribution in [1.82, 2.24) is 10.6 Å². The van der Waals surface area contributed by atoms with Gasteiger partial charge < -0.3 is 15.4 Å². The second-order valence-electron chi connectivity index (χ2n) is 4.06. The average Bonchev–Trinajstić information content (AvgIpc) is 2.28. The molecule has 5 heteroatoms. The fourth-order valence-electron chi connectivity index (χ4n) is 1.19. The van der Waals surface area contributed by atoms with Crippen molar-refractivity contribution in [2.45, 2.75) is 39.2 Å². The highest BCUT2D eigenvalue weighted by Gasteiger charge is 1.99. The van der Waals surface area contributed by atoms with Crippen molar-refractivity contribution >= 4 is 5.91 Å². The number of ether oxygens (including phenoxy) is 1. The topological polar surface area (TPSA) is 74.2 Å². The summed E-state index contributed by atoms with van der Waals surface area (Å²) in [7, 11) is 0.